The molecular formula is C20H20BrClN4O3S. The van der Waals surface area contributed by atoms with Gasteiger partial charge < -0.3 is 10.6 Å². The molecule has 0 unspecified atom stereocenters. The maximum atomic E-state index is 12.5. The molecule has 1 heterocycles. The third-order valence-electron chi connectivity index (χ3n) is 4.36. The van der Waals surface area contributed by atoms with Gasteiger partial charge in [0, 0.05) is 46.9 Å². The molecule has 3 rings (SSSR count). The first-order valence-corrected chi connectivity index (χ1v) is 11.7. The van der Waals surface area contributed by atoms with Crippen LogP contribution < -0.4 is 10.6 Å². The lowest BCUT2D eigenvalue weighted by Gasteiger charge is -2.17. The van der Waals surface area contributed by atoms with Crippen LogP contribution >= 0.6 is 27.5 Å². The van der Waals surface area contributed by atoms with Crippen molar-refractivity contribution in [2.45, 2.75) is 4.90 Å². The highest BCUT2D eigenvalue weighted by Crippen LogP contribution is 2.24. The van der Waals surface area contributed by atoms with Crippen LogP contribution in [-0.4, -0.2) is 50.3 Å². The van der Waals surface area contributed by atoms with E-state index in [1.165, 1.54) is 19.2 Å². The molecule has 0 bridgehead atoms. The lowest BCUT2D eigenvalue weighted by molar-refractivity contribution is -0.121. The molecule has 0 aliphatic carbocycles. The number of nitrogens with zero attached hydrogens (tertiary/aromatic N) is 2. The van der Waals surface area contributed by atoms with E-state index in [4.69, 9.17) is 11.6 Å². The van der Waals surface area contributed by atoms with Gasteiger partial charge in [0.15, 0.2) is 0 Å². The van der Waals surface area contributed by atoms with E-state index >= 15 is 0 Å². The maximum absolute atomic E-state index is 12.5. The molecule has 10 heteroatoms. The van der Waals surface area contributed by atoms with Crippen molar-refractivity contribution in [1.29, 1.82) is 0 Å². The second-order valence-electron chi connectivity index (χ2n) is 6.51. The van der Waals surface area contributed by atoms with Crippen LogP contribution in [0.25, 0.3) is 10.9 Å². The fourth-order valence-corrected chi connectivity index (χ4v) is 4.36. The monoisotopic (exact) mass is 510 g/mol. The number of likely N-dealkylation sites (N-methyl/N-ethyl adjacent to an activating group) is 1. The number of pyridine rings is 1. The van der Waals surface area contributed by atoms with E-state index in [0.29, 0.717) is 18.1 Å². The summed E-state index contributed by atoms with van der Waals surface area (Å²) in [5.74, 6) is -0.383. The van der Waals surface area contributed by atoms with Gasteiger partial charge >= 0.3 is 0 Å². The number of fused-ring (bicyclic) bond motifs is 1. The molecule has 0 aliphatic rings. The van der Waals surface area contributed by atoms with Gasteiger partial charge in [-0.1, -0.05) is 27.5 Å². The average Bonchev–Trinajstić information content (AvgIpc) is 2.71. The number of hydrogen-bond acceptors (Lipinski definition) is 5. The summed E-state index contributed by atoms with van der Waals surface area (Å²) in [4.78, 5) is 16.6. The smallest absolute Gasteiger partial charge is 0.243 e. The fraction of sp³-hybridized carbons (Fsp3) is 0.200. The molecule has 1 aromatic heterocycles. The summed E-state index contributed by atoms with van der Waals surface area (Å²) < 4.78 is 26.9. The second kappa shape index (κ2) is 9.74. The van der Waals surface area contributed by atoms with E-state index in [9.17, 15) is 13.2 Å². The molecule has 0 spiro atoms. The first kappa shape index (κ1) is 22.5. The van der Waals surface area contributed by atoms with Crippen molar-refractivity contribution in [2.75, 3.05) is 32.0 Å². The van der Waals surface area contributed by atoms with Crippen molar-refractivity contribution in [1.82, 2.24) is 14.6 Å². The maximum Gasteiger partial charge on any atom is 0.243 e. The molecule has 30 heavy (non-hydrogen) atoms. The van der Waals surface area contributed by atoms with Gasteiger partial charge in [0.2, 0.25) is 15.9 Å². The second-order valence-corrected chi connectivity index (χ2v) is 9.91. The number of amides is 1. The number of anilines is 1. The number of benzene rings is 2. The number of halogens is 2. The summed E-state index contributed by atoms with van der Waals surface area (Å²) in [6, 6.07) is 13.6. The highest BCUT2D eigenvalue weighted by Gasteiger charge is 2.22. The lowest BCUT2D eigenvalue weighted by Crippen LogP contribution is -2.39. The highest BCUT2D eigenvalue weighted by atomic mass is 79.9. The molecule has 158 valence electrons. The Labute approximate surface area is 188 Å². The quantitative estimate of drug-likeness (QED) is 0.452. The Balaban J connectivity index is 1.51. The van der Waals surface area contributed by atoms with E-state index in [-0.39, 0.29) is 17.3 Å². The predicted octanol–water partition coefficient (Wildman–Crippen LogP) is 3.50. The SMILES string of the molecule is CN(CC(=O)NCCNc1ccnc2cc(Cl)ccc12)S(=O)(=O)c1ccc(Br)cc1. The van der Waals surface area contributed by atoms with Crippen LogP contribution in [0, 0.1) is 0 Å². The number of sulfonamides is 1. The molecule has 7 nitrogen and oxygen atoms in total. The lowest BCUT2D eigenvalue weighted by atomic mass is 10.2. The van der Waals surface area contributed by atoms with Gasteiger partial charge in [-0.05, 0) is 48.5 Å². The largest absolute Gasteiger partial charge is 0.383 e. The molecule has 3 aromatic rings. The van der Waals surface area contributed by atoms with Crippen LogP contribution in [0.2, 0.25) is 5.02 Å². The Morgan fingerprint density at radius 1 is 1.13 bits per heavy atom. The number of nitrogens with one attached hydrogen (secondary N) is 2. The summed E-state index contributed by atoms with van der Waals surface area (Å²) in [6.07, 6.45) is 1.68. The minimum atomic E-state index is -3.73. The molecule has 0 radical (unpaired) electrons. The van der Waals surface area contributed by atoms with Gasteiger partial charge in [-0.3, -0.25) is 9.78 Å². The fourth-order valence-electron chi connectivity index (χ4n) is 2.80. The number of rotatable bonds is 8. The molecular weight excluding hydrogens is 492 g/mol. The van der Waals surface area contributed by atoms with Gasteiger partial charge in [0.05, 0.1) is 17.0 Å². The standard InChI is InChI=1S/C20H20BrClN4O3S/c1-26(30(28,29)16-5-2-14(21)3-6-16)13-20(27)25-11-10-24-18-8-9-23-19-12-15(22)4-7-17(18)19/h2-9,12H,10-11,13H2,1H3,(H,23,24)(H,25,27). The van der Waals surface area contributed by atoms with Crippen LogP contribution in [-0.2, 0) is 14.8 Å². The van der Waals surface area contributed by atoms with Crippen molar-refractivity contribution in [3.05, 3.63) is 64.2 Å². The van der Waals surface area contributed by atoms with E-state index in [2.05, 4.69) is 31.5 Å². The van der Waals surface area contributed by atoms with Crippen molar-refractivity contribution in [2.24, 2.45) is 0 Å². The minimum Gasteiger partial charge on any atom is -0.383 e. The third-order valence-corrected chi connectivity index (χ3v) is 6.94. The Morgan fingerprint density at radius 3 is 2.60 bits per heavy atom. The summed E-state index contributed by atoms with van der Waals surface area (Å²) in [5, 5.41) is 7.50. The van der Waals surface area contributed by atoms with E-state index < -0.39 is 10.0 Å². The summed E-state index contributed by atoms with van der Waals surface area (Å²) in [5.41, 5.74) is 1.65. The molecule has 0 aliphatic heterocycles. The number of carbonyl (C=O) groups is 1. The van der Waals surface area contributed by atoms with Crippen LogP contribution in [0.1, 0.15) is 0 Å². The van der Waals surface area contributed by atoms with E-state index in [1.807, 2.05) is 12.1 Å². The van der Waals surface area contributed by atoms with E-state index in [0.717, 1.165) is 25.4 Å². The third kappa shape index (κ3) is 5.48. The van der Waals surface area contributed by atoms with E-state index in [1.54, 1.807) is 30.5 Å². The zero-order valence-electron chi connectivity index (χ0n) is 16.1. The van der Waals surface area contributed by atoms with Gasteiger partial charge in [0.1, 0.15) is 0 Å². The number of carbonyl (C=O) groups excluding carboxylic acids is 1. The summed E-state index contributed by atoms with van der Waals surface area (Å²) in [6.45, 7) is 0.536. The molecule has 0 atom stereocenters. The normalized spacial score (nSPS) is 11.6. The average molecular weight is 512 g/mol. The zero-order valence-corrected chi connectivity index (χ0v) is 19.3. The summed E-state index contributed by atoms with van der Waals surface area (Å²) >= 11 is 9.27. The molecule has 0 saturated carbocycles. The first-order valence-electron chi connectivity index (χ1n) is 9.04. The van der Waals surface area contributed by atoms with Gasteiger partial charge in [-0.2, -0.15) is 4.31 Å². The molecule has 0 fully saturated rings. The first-order chi connectivity index (χ1) is 14.3. The van der Waals surface area contributed by atoms with Gasteiger partial charge in [-0.25, -0.2) is 8.42 Å². The Kier molecular flexibility index (Phi) is 7.30. The van der Waals surface area contributed by atoms with Crippen molar-refractivity contribution in [3.63, 3.8) is 0 Å². The van der Waals surface area contributed by atoms with Gasteiger partial charge in [-0.15, -0.1) is 0 Å². The summed E-state index contributed by atoms with van der Waals surface area (Å²) in [7, 11) is -2.36. The zero-order chi connectivity index (χ0) is 21.7. The Bertz CT molecular complexity index is 1160. The minimum absolute atomic E-state index is 0.132. The molecule has 2 aromatic carbocycles. The molecule has 0 saturated heterocycles. The number of aromatic nitrogens is 1. The Morgan fingerprint density at radius 2 is 1.87 bits per heavy atom. The predicted molar refractivity (Wildman–Crippen MR) is 122 cm³/mol. The van der Waals surface area contributed by atoms with Gasteiger partial charge in [0.25, 0.3) is 0 Å². The molecule has 2 N–H and O–H groups in total. The Hall–Kier alpha value is -2.20. The van der Waals surface area contributed by atoms with Crippen LogP contribution in [0.15, 0.2) is 64.1 Å². The number of hydrogen-bond donors (Lipinski definition) is 2. The van der Waals surface area contributed by atoms with Crippen molar-refractivity contribution >= 4 is 60.1 Å². The van der Waals surface area contributed by atoms with Crippen LogP contribution in [0.3, 0.4) is 0 Å². The van der Waals surface area contributed by atoms with Crippen molar-refractivity contribution < 1.29 is 13.2 Å². The van der Waals surface area contributed by atoms with Crippen LogP contribution in [0.4, 0.5) is 5.69 Å². The van der Waals surface area contributed by atoms with Crippen LogP contribution in [0.5, 0.6) is 0 Å². The topological polar surface area (TPSA) is 91.4 Å². The van der Waals surface area contributed by atoms with Crippen molar-refractivity contribution in [3.8, 4) is 0 Å². The molecule has 1 amide bonds. The highest BCUT2D eigenvalue weighted by molar-refractivity contribution is 9.10.